The van der Waals surface area contributed by atoms with Gasteiger partial charge in [-0.05, 0) is 30.6 Å². The van der Waals surface area contributed by atoms with Crippen LogP contribution in [0.5, 0.6) is 11.5 Å². The average molecular weight is 287 g/mol. The minimum absolute atomic E-state index is 0.744. The fraction of sp³-hybridized carbons (Fsp3) is 0.438. The minimum Gasteiger partial charge on any atom is -0.493 e. The van der Waals surface area contributed by atoms with Crippen LogP contribution in [-0.4, -0.2) is 57.3 Å². The number of pyridine rings is 1. The van der Waals surface area contributed by atoms with Crippen LogP contribution in [0.2, 0.25) is 0 Å². The van der Waals surface area contributed by atoms with Crippen molar-refractivity contribution in [2.45, 2.75) is 0 Å². The molecule has 21 heavy (non-hydrogen) atoms. The molecule has 0 radical (unpaired) electrons. The van der Waals surface area contributed by atoms with Crippen molar-refractivity contribution in [3.63, 3.8) is 0 Å². The molecular weight excluding hydrogens is 266 g/mol. The fourth-order valence-corrected chi connectivity index (χ4v) is 2.75. The van der Waals surface area contributed by atoms with E-state index < -0.39 is 0 Å². The largest absolute Gasteiger partial charge is 0.493 e. The van der Waals surface area contributed by atoms with Crippen LogP contribution in [0.1, 0.15) is 0 Å². The zero-order valence-corrected chi connectivity index (χ0v) is 12.8. The van der Waals surface area contributed by atoms with Crippen molar-refractivity contribution < 1.29 is 9.47 Å². The van der Waals surface area contributed by atoms with Gasteiger partial charge < -0.3 is 19.3 Å². The zero-order chi connectivity index (χ0) is 14.8. The van der Waals surface area contributed by atoms with Crippen molar-refractivity contribution in [2.75, 3.05) is 52.3 Å². The summed E-state index contributed by atoms with van der Waals surface area (Å²) in [5, 5.41) is 2.23. The summed E-state index contributed by atoms with van der Waals surface area (Å²) in [6.45, 7) is 4.12. The Morgan fingerprint density at radius 1 is 1.00 bits per heavy atom. The lowest BCUT2D eigenvalue weighted by Crippen LogP contribution is -2.44. The number of hydrogen-bond donors (Lipinski definition) is 0. The van der Waals surface area contributed by atoms with Crippen LogP contribution in [-0.2, 0) is 0 Å². The molecule has 1 saturated heterocycles. The molecule has 5 nitrogen and oxygen atoms in total. The molecule has 112 valence electrons. The summed E-state index contributed by atoms with van der Waals surface area (Å²) >= 11 is 0. The molecular formula is C16H21N3O2. The maximum Gasteiger partial charge on any atom is 0.161 e. The highest BCUT2D eigenvalue weighted by Crippen LogP contribution is 2.35. The normalized spacial score (nSPS) is 16.2. The Balaban J connectivity index is 2.06. The molecule has 0 amide bonds. The van der Waals surface area contributed by atoms with Gasteiger partial charge in [0.2, 0.25) is 0 Å². The van der Waals surface area contributed by atoms with Crippen LogP contribution in [0.15, 0.2) is 24.4 Å². The van der Waals surface area contributed by atoms with Crippen LogP contribution in [0.3, 0.4) is 0 Å². The molecule has 1 aliphatic rings. The standard InChI is InChI=1S/C16H21N3O2/c1-18-6-8-19(9-7-18)16-13-11-15(21-3)14(20-2)10-12(13)4-5-17-16/h4-5,10-11H,6-9H2,1-3H3. The molecule has 0 bridgehead atoms. The van der Waals surface area contributed by atoms with Crippen LogP contribution in [0.4, 0.5) is 5.82 Å². The van der Waals surface area contributed by atoms with Gasteiger partial charge in [-0.1, -0.05) is 0 Å². The second-order valence-corrected chi connectivity index (χ2v) is 5.35. The van der Waals surface area contributed by atoms with E-state index in [0.717, 1.165) is 54.3 Å². The number of benzene rings is 1. The lowest BCUT2D eigenvalue weighted by atomic mass is 10.1. The van der Waals surface area contributed by atoms with E-state index in [1.165, 1.54) is 0 Å². The number of aromatic nitrogens is 1. The van der Waals surface area contributed by atoms with Crippen LogP contribution >= 0.6 is 0 Å². The third kappa shape index (κ3) is 2.61. The van der Waals surface area contributed by atoms with E-state index in [-0.39, 0.29) is 0 Å². The molecule has 1 aromatic carbocycles. The smallest absolute Gasteiger partial charge is 0.161 e. The number of rotatable bonds is 3. The Hall–Kier alpha value is -2.01. The molecule has 0 aliphatic carbocycles. The Morgan fingerprint density at radius 3 is 2.33 bits per heavy atom. The first kappa shape index (κ1) is 13.9. The summed E-state index contributed by atoms with van der Waals surface area (Å²) in [5.74, 6) is 2.52. The van der Waals surface area contributed by atoms with Crippen molar-refractivity contribution in [2.24, 2.45) is 0 Å². The van der Waals surface area contributed by atoms with E-state index in [1.807, 2.05) is 24.4 Å². The van der Waals surface area contributed by atoms with Gasteiger partial charge in [-0.2, -0.15) is 0 Å². The topological polar surface area (TPSA) is 37.8 Å². The van der Waals surface area contributed by atoms with Gasteiger partial charge in [0.15, 0.2) is 11.5 Å². The second-order valence-electron chi connectivity index (χ2n) is 5.35. The lowest BCUT2D eigenvalue weighted by molar-refractivity contribution is 0.312. The van der Waals surface area contributed by atoms with E-state index >= 15 is 0 Å². The van der Waals surface area contributed by atoms with Gasteiger partial charge in [-0.15, -0.1) is 0 Å². The molecule has 3 rings (SSSR count). The number of likely N-dealkylation sites (N-methyl/N-ethyl adjacent to an activating group) is 1. The first-order valence-corrected chi connectivity index (χ1v) is 7.17. The average Bonchev–Trinajstić information content (AvgIpc) is 2.53. The number of nitrogens with zero attached hydrogens (tertiary/aromatic N) is 3. The van der Waals surface area contributed by atoms with Gasteiger partial charge >= 0.3 is 0 Å². The first-order chi connectivity index (χ1) is 10.2. The summed E-state index contributed by atoms with van der Waals surface area (Å²) in [6.07, 6.45) is 1.86. The van der Waals surface area contributed by atoms with E-state index in [9.17, 15) is 0 Å². The van der Waals surface area contributed by atoms with E-state index in [1.54, 1.807) is 14.2 Å². The number of anilines is 1. The number of fused-ring (bicyclic) bond motifs is 1. The molecule has 0 saturated carbocycles. The van der Waals surface area contributed by atoms with E-state index in [2.05, 4.69) is 21.8 Å². The Morgan fingerprint density at radius 2 is 1.67 bits per heavy atom. The van der Waals surface area contributed by atoms with Gasteiger partial charge in [0, 0.05) is 37.8 Å². The molecule has 2 heterocycles. The summed E-state index contributed by atoms with van der Waals surface area (Å²) in [6, 6.07) is 6.04. The summed E-state index contributed by atoms with van der Waals surface area (Å²) in [7, 11) is 5.48. The predicted octanol–water partition coefficient (Wildman–Crippen LogP) is 2.00. The summed E-state index contributed by atoms with van der Waals surface area (Å²) in [4.78, 5) is 9.28. The van der Waals surface area contributed by atoms with Crippen molar-refractivity contribution in [1.82, 2.24) is 9.88 Å². The van der Waals surface area contributed by atoms with Crippen molar-refractivity contribution in [3.05, 3.63) is 24.4 Å². The highest BCUT2D eigenvalue weighted by atomic mass is 16.5. The minimum atomic E-state index is 0.744. The molecule has 1 fully saturated rings. The molecule has 5 heteroatoms. The number of piperazine rings is 1. The molecule has 1 aromatic heterocycles. The zero-order valence-electron chi connectivity index (χ0n) is 12.8. The predicted molar refractivity (Wildman–Crippen MR) is 84.6 cm³/mol. The summed E-state index contributed by atoms with van der Waals surface area (Å²) in [5.41, 5.74) is 0. The van der Waals surface area contributed by atoms with E-state index in [0.29, 0.717) is 0 Å². The second kappa shape index (κ2) is 5.77. The molecule has 0 spiro atoms. The fourth-order valence-electron chi connectivity index (χ4n) is 2.75. The molecule has 0 N–H and O–H groups in total. The number of hydrogen-bond acceptors (Lipinski definition) is 5. The van der Waals surface area contributed by atoms with Crippen molar-refractivity contribution >= 4 is 16.6 Å². The lowest BCUT2D eigenvalue weighted by Gasteiger charge is -2.33. The van der Waals surface area contributed by atoms with Crippen LogP contribution < -0.4 is 14.4 Å². The summed E-state index contributed by atoms with van der Waals surface area (Å²) < 4.78 is 10.8. The van der Waals surface area contributed by atoms with Crippen molar-refractivity contribution in [1.29, 1.82) is 0 Å². The maximum atomic E-state index is 5.42. The van der Waals surface area contributed by atoms with Crippen molar-refractivity contribution in [3.8, 4) is 11.5 Å². The SMILES string of the molecule is COc1cc2ccnc(N3CCN(C)CC3)c2cc1OC. The Labute approximate surface area is 125 Å². The first-order valence-electron chi connectivity index (χ1n) is 7.17. The molecule has 1 aliphatic heterocycles. The third-order valence-corrected chi connectivity index (χ3v) is 4.05. The molecule has 0 unspecified atom stereocenters. The van der Waals surface area contributed by atoms with Gasteiger partial charge in [-0.25, -0.2) is 4.98 Å². The van der Waals surface area contributed by atoms with Crippen LogP contribution in [0, 0.1) is 0 Å². The Kier molecular flexibility index (Phi) is 3.84. The maximum absolute atomic E-state index is 5.42. The third-order valence-electron chi connectivity index (χ3n) is 4.05. The van der Waals surface area contributed by atoms with E-state index in [4.69, 9.17) is 9.47 Å². The highest BCUT2D eigenvalue weighted by molar-refractivity contribution is 5.94. The monoisotopic (exact) mass is 287 g/mol. The number of ether oxygens (including phenoxy) is 2. The van der Waals surface area contributed by atoms with Gasteiger partial charge in [-0.3, -0.25) is 0 Å². The number of methoxy groups -OCH3 is 2. The molecule has 0 atom stereocenters. The highest BCUT2D eigenvalue weighted by Gasteiger charge is 2.18. The molecule has 2 aromatic rings. The quantitative estimate of drug-likeness (QED) is 0.863. The van der Waals surface area contributed by atoms with Gasteiger partial charge in [0.1, 0.15) is 5.82 Å². The van der Waals surface area contributed by atoms with Crippen LogP contribution in [0.25, 0.3) is 10.8 Å². The Bertz CT molecular complexity index is 637. The van der Waals surface area contributed by atoms with Gasteiger partial charge in [0.05, 0.1) is 14.2 Å². The van der Waals surface area contributed by atoms with Gasteiger partial charge in [0.25, 0.3) is 0 Å².